The van der Waals surface area contributed by atoms with Crippen molar-refractivity contribution in [2.24, 2.45) is 11.3 Å². The number of carbonyl (C=O) groups is 2. The van der Waals surface area contributed by atoms with Gasteiger partial charge in [0.05, 0.1) is 18.1 Å². The first-order valence-electron chi connectivity index (χ1n) is 9.03. The van der Waals surface area contributed by atoms with Gasteiger partial charge in [-0.1, -0.05) is 25.5 Å². The molecule has 0 amide bonds. The minimum atomic E-state index is -0.986. The molecular formula is C21H28O4. The maximum Gasteiger partial charge on any atom is 0.311 e. The number of fused-ring (bicyclic) bond motifs is 3. The van der Waals surface area contributed by atoms with E-state index in [0.717, 1.165) is 30.4 Å². The molecule has 3 rings (SSSR count). The van der Waals surface area contributed by atoms with E-state index in [2.05, 4.69) is 6.92 Å². The SMILES string of the molecule is COC(=O)[C@]1(C)CCC[C@]2(C)c3ccc(C(C)(C)O)cc3C(=O)CC12. The third-order valence-electron chi connectivity index (χ3n) is 6.61. The van der Waals surface area contributed by atoms with Crippen LogP contribution in [-0.2, 0) is 20.5 Å². The molecule has 0 spiro atoms. The van der Waals surface area contributed by atoms with E-state index < -0.39 is 11.0 Å². The van der Waals surface area contributed by atoms with Crippen molar-refractivity contribution in [3.63, 3.8) is 0 Å². The summed E-state index contributed by atoms with van der Waals surface area (Å²) in [5.41, 5.74) is 0.601. The highest BCUT2D eigenvalue weighted by Crippen LogP contribution is 2.57. The van der Waals surface area contributed by atoms with Crippen molar-refractivity contribution in [3.05, 3.63) is 34.9 Å². The monoisotopic (exact) mass is 344 g/mol. The topological polar surface area (TPSA) is 63.6 Å². The third-order valence-corrected chi connectivity index (χ3v) is 6.61. The summed E-state index contributed by atoms with van der Waals surface area (Å²) in [6.07, 6.45) is 2.99. The van der Waals surface area contributed by atoms with E-state index in [-0.39, 0.29) is 23.1 Å². The van der Waals surface area contributed by atoms with E-state index in [1.807, 2.05) is 25.1 Å². The molecule has 0 heterocycles. The van der Waals surface area contributed by atoms with Crippen LogP contribution < -0.4 is 0 Å². The lowest BCUT2D eigenvalue weighted by Gasteiger charge is -2.53. The number of hydrogen-bond donors (Lipinski definition) is 1. The van der Waals surface area contributed by atoms with E-state index in [4.69, 9.17) is 4.74 Å². The second-order valence-electron chi connectivity index (χ2n) is 8.68. The zero-order valence-corrected chi connectivity index (χ0v) is 15.8. The molecule has 0 aliphatic heterocycles. The van der Waals surface area contributed by atoms with Crippen LogP contribution in [0.1, 0.15) is 74.9 Å². The standard InChI is InChI=1S/C21H28O4/c1-19(2,24)13-7-8-15-14(11-13)16(22)12-17-20(15,3)9-6-10-21(17,4)18(23)25-5/h7-8,11,17,24H,6,9-10,12H2,1-5H3/t17?,20-,21-/m1/s1. The fraction of sp³-hybridized carbons (Fsp3) is 0.619. The van der Waals surface area contributed by atoms with Crippen LogP contribution in [0.4, 0.5) is 0 Å². The van der Waals surface area contributed by atoms with Gasteiger partial charge in [0.2, 0.25) is 0 Å². The molecule has 136 valence electrons. The Kier molecular flexibility index (Phi) is 4.11. The molecule has 0 aromatic heterocycles. The fourth-order valence-electron chi connectivity index (χ4n) is 5.07. The summed E-state index contributed by atoms with van der Waals surface area (Å²) in [7, 11) is 1.42. The molecular weight excluding hydrogens is 316 g/mol. The number of ketones is 1. The van der Waals surface area contributed by atoms with Crippen LogP contribution in [0.5, 0.6) is 0 Å². The zero-order valence-electron chi connectivity index (χ0n) is 15.8. The van der Waals surface area contributed by atoms with Crippen molar-refractivity contribution < 1.29 is 19.4 Å². The van der Waals surface area contributed by atoms with Crippen molar-refractivity contribution >= 4 is 11.8 Å². The second-order valence-corrected chi connectivity index (χ2v) is 8.68. The van der Waals surface area contributed by atoms with Crippen LogP contribution in [0.3, 0.4) is 0 Å². The van der Waals surface area contributed by atoms with E-state index in [9.17, 15) is 14.7 Å². The lowest BCUT2D eigenvalue weighted by Crippen LogP contribution is -2.53. The minimum Gasteiger partial charge on any atom is -0.469 e. The number of ether oxygens (including phenoxy) is 1. The average molecular weight is 344 g/mol. The molecule has 0 bridgehead atoms. The van der Waals surface area contributed by atoms with Gasteiger partial charge in [0.25, 0.3) is 0 Å². The Morgan fingerprint density at radius 3 is 2.56 bits per heavy atom. The van der Waals surface area contributed by atoms with Crippen molar-refractivity contribution in [2.75, 3.05) is 7.11 Å². The quantitative estimate of drug-likeness (QED) is 0.830. The van der Waals surface area contributed by atoms with Gasteiger partial charge in [-0.3, -0.25) is 9.59 Å². The van der Waals surface area contributed by atoms with Gasteiger partial charge in [0, 0.05) is 12.0 Å². The largest absolute Gasteiger partial charge is 0.469 e. The predicted molar refractivity (Wildman–Crippen MR) is 95.5 cm³/mol. The number of hydrogen-bond acceptors (Lipinski definition) is 4. The Bertz CT molecular complexity index is 730. The van der Waals surface area contributed by atoms with Crippen LogP contribution in [0.2, 0.25) is 0 Å². The first-order valence-corrected chi connectivity index (χ1v) is 9.03. The fourth-order valence-corrected chi connectivity index (χ4v) is 5.07. The van der Waals surface area contributed by atoms with E-state index >= 15 is 0 Å². The van der Waals surface area contributed by atoms with Crippen molar-refractivity contribution in [3.8, 4) is 0 Å². The van der Waals surface area contributed by atoms with Crippen LogP contribution in [0.25, 0.3) is 0 Å². The van der Waals surface area contributed by atoms with E-state index in [1.165, 1.54) is 7.11 Å². The van der Waals surface area contributed by atoms with Gasteiger partial charge in [0.15, 0.2) is 5.78 Å². The lowest BCUT2D eigenvalue weighted by molar-refractivity contribution is -0.160. The number of aliphatic hydroxyl groups is 1. The lowest BCUT2D eigenvalue weighted by atomic mass is 9.49. The third kappa shape index (κ3) is 2.62. The number of esters is 1. The first kappa shape index (κ1) is 18.1. The molecule has 1 saturated carbocycles. The number of Topliss-reactive ketones (excluding diaryl/α,β-unsaturated/α-hetero) is 1. The molecule has 0 radical (unpaired) electrons. The number of carbonyl (C=O) groups excluding carboxylic acids is 2. The van der Waals surface area contributed by atoms with E-state index in [0.29, 0.717) is 12.0 Å². The normalized spacial score (nSPS) is 31.9. The second kappa shape index (κ2) is 5.66. The molecule has 1 aromatic carbocycles. The van der Waals surface area contributed by atoms with E-state index in [1.54, 1.807) is 13.8 Å². The van der Waals surface area contributed by atoms with Crippen molar-refractivity contribution in [1.29, 1.82) is 0 Å². The van der Waals surface area contributed by atoms with Gasteiger partial charge in [-0.05, 0) is 62.1 Å². The summed E-state index contributed by atoms with van der Waals surface area (Å²) >= 11 is 0. The number of benzene rings is 1. The Morgan fingerprint density at radius 1 is 1.28 bits per heavy atom. The molecule has 25 heavy (non-hydrogen) atoms. The molecule has 1 unspecified atom stereocenters. The molecule has 4 nitrogen and oxygen atoms in total. The summed E-state index contributed by atoms with van der Waals surface area (Å²) in [6.45, 7) is 7.57. The number of rotatable bonds is 2. The Hall–Kier alpha value is -1.68. The molecule has 4 heteroatoms. The zero-order chi connectivity index (χ0) is 18.6. The molecule has 1 N–H and O–H groups in total. The van der Waals surface area contributed by atoms with Crippen LogP contribution in [0, 0.1) is 11.3 Å². The maximum atomic E-state index is 12.9. The summed E-state index contributed by atoms with van der Waals surface area (Å²) in [5.74, 6) is -0.220. The molecule has 3 atom stereocenters. The van der Waals surface area contributed by atoms with Gasteiger partial charge in [-0.25, -0.2) is 0 Å². The Balaban J connectivity index is 2.14. The molecule has 0 saturated heterocycles. The van der Waals surface area contributed by atoms with Crippen LogP contribution >= 0.6 is 0 Å². The molecule has 2 aliphatic carbocycles. The summed E-state index contributed by atoms with van der Waals surface area (Å²) < 4.78 is 5.09. The Labute approximate surface area is 149 Å². The Morgan fingerprint density at radius 2 is 1.96 bits per heavy atom. The minimum absolute atomic E-state index is 0.0561. The van der Waals surface area contributed by atoms with Gasteiger partial charge >= 0.3 is 5.97 Å². The summed E-state index contributed by atoms with van der Waals surface area (Å²) in [4.78, 5) is 25.5. The highest BCUT2D eigenvalue weighted by Gasteiger charge is 2.57. The average Bonchev–Trinajstić information content (AvgIpc) is 2.55. The highest BCUT2D eigenvalue weighted by atomic mass is 16.5. The van der Waals surface area contributed by atoms with Gasteiger partial charge < -0.3 is 9.84 Å². The van der Waals surface area contributed by atoms with Crippen LogP contribution in [-0.4, -0.2) is 24.0 Å². The van der Waals surface area contributed by atoms with Crippen molar-refractivity contribution in [1.82, 2.24) is 0 Å². The predicted octanol–water partition coefficient (Wildman–Crippen LogP) is 3.74. The van der Waals surface area contributed by atoms with Gasteiger partial charge in [-0.15, -0.1) is 0 Å². The molecule has 1 fully saturated rings. The maximum absolute atomic E-state index is 12.9. The van der Waals surface area contributed by atoms with Gasteiger partial charge in [0.1, 0.15) is 0 Å². The summed E-state index contributed by atoms with van der Waals surface area (Å²) in [5, 5.41) is 10.3. The number of methoxy groups -OCH3 is 1. The molecule has 1 aromatic rings. The summed E-state index contributed by atoms with van der Waals surface area (Å²) in [6, 6.07) is 5.72. The smallest absolute Gasteiger partial charge is 0.311 e. The van der Waals surface area contributed by atoms with Crippen LogP contribution in [0.15, 0.2) is 18.2 Å². The first-order chi connectivity index (χ1) is 11.5. The highest BCUT2D eigenvalue weighted by molar-refractivity contribution is 6.00. The molecule has 2 aliphatic rings. The van der Waals surface area contributed by atoms with Gasteiger partial charge in [-0.2, -0.15) is 0 Å². The van der Waals surface area contributed by atoms with Crippen molar-refractivity contribution in [2.45, 2.75) is 64.4 Å².